The van der Waals surface area contributed by atoms with Gasteiger partial charge < -0.3 is 14.7 Å². The van der Waals surface area contributed by atoms with Crippen LogP contribution in [0.5, 0.6) is 5.75 Å². The van der Waals surface area contributed by atoms with Crippen LogP contribution < -0.4 is 4.74 Å². The molecule has 5 nitrogen and oxygen atoms in total. The SMILES string of the molecule is Cc1ccc(C)c(OCCN2C[C@H](C(=O)O)CC2=O)c1. The summed E-state index contributed by atoms with van der Waals surface area (Å²) in [6, 6.07) is 5.97. The number of benzene rings is 1. The van der Waals surface area contributed by atoms with Crippen LogP contribution in [0.3, 0.4) is 0 Å². The monoisotopic (exact) mass is 277 g/mol. The number of amides is 1. The molecule has 0 saturated carbocycles. The van der Waals surface area contributed by atoms with Gasteiger partial charge in [-0.2, -0.15) is 0 Å². The van der Waals surface area contributed by atoms with Crippen molar-refractivity contribution in [3.63, 3.8) is 0 Å². The molecule has 1 fully saturated rings. The third kappa shape index (κ3) is 3.29. The number of nitrogens with zero attached hydrogens (tertiary/aromatic N) is 1. The van der Waals surface area contributed by atoms with E-state index in [0.717, 1.165) is 16.9 Å². The summed E-state index contributed by atoms with van der Waals surface area (Å²) < 4.78 is 5.68. The molecule has 20 heavy (non-hydrogen) atoms. The van der Waals surface area contributed by atoms with E-state index in [2.05, 4.69) is 0 Å². The van der Waals surface area contributed by atoms with Crippen molar-refractivity contribution in [3.8, 4) is 5.75 Å². The second-order valence-corrected chi connectivity index (χ2v) is 5.20. The molecule has 0 spiro atoms. The van der Waals surface area contributed by atoms with E-state index in [1.807, 2.05) is 32.0 Å². The van der Waals surface area contributed by atoms with Crippen LogP contribution in [-0.2, 0) is 9.59 Å². The van der Waals surface area contributed by atoms with Crippen LogP contribution in [-0.4, -0.2) is 41.6 Å². The van der Waals surface area contributed by atoms with Gasteiger partial charge >= 0.3 is 5.97 Å². The molecule has 0 radical (unpaired) electrons. The van der Waals surface area contributed by atoms with E-state index in [4.69, 9.17) is 9.84 Å². The van der Waals surface area contributed by atoms with Gasteiger partial charge in [0, 0.05) is 13.0 Å². The lowest BCUT2D eigenvalue weighted by atomic mass is 10.1. The fourth-order valence-corrected chi connectivity index (χ4v) is 2.28. The normalized spacial score (nSPS) is 18.4. The molecule has 1 heterocycles. The lowest BCUT2D eigenvalue weighted by Crippen LogP contribution is -2.30. The van der Waals surface area contributed by atoms with Gasteiger partial charge in [-0.25, -0.2) is 0 Å². The maximum absolute atomic E-state index is 11.7. The van der Waals surface area contributed by atoms with Gasteiger partial charge in [0.1, 0.15) is 12.4 Å². The number of carbonyl (C=O) groups excluding carboxylic acids is 1. The van der Waals surface area contributed by atoms with E-state index in [9.17, 15) is 9.59 Å². The number of ether oxygens (including phenoxy) is 1. The number of hydrogen-bond donors (Lipinski definition) is 1. The summed E-state index contributed by atoms with van der Waals surface area (Å²) in [4.78, 5) is 24.1. The van der Waals surface area contributed by atoms with Crippen molar-refractivity contribution in [1.29, 1.82) is 0 Å². The Morgan fingerprint density at radius 3 is 2.85 bits per heavy atom. The van der Waals surface area contributed by atoms with Gasteiger partial charge in [-0.05, 0) is 31.0 Å². The zero-order valence-electron chi connectivity index (χ0n) is 11.8. The predicted octanol–water partition coefficient (Wildman–Crippen LogP) is 1.62. The molecule has 108 valence electrons. The third-order valence-corrected chi connectivity index (χ3v) is 3.53. The van der Waals surface area contributed by atoms with Gasteiger partial charge in [-0.1, -0.05) is 12.1 Å². The van der Waals surface area contributed by atoms with Crippen LogP contribution in [0.25, 0.3) is 0 Å². The van der Waals surface area contributed by atoms with Crippen LogP contribution in [0, 0.1) is 19.8 Å². The number of hydrogen-bond acceptors (Lipinski definition) is 3. The lowest BCUT2D eigenvalue weighted by molar-refractivity contribution is -0.141. The number of likely N-dealkylation sites (tertiary alicyclic amines) is 1. The first-order valence-corrected chi connectivity index (χ1v) is 6.68. The van der Waals surface area contributed by atoms with E-state index in [1.165, 1.54) is 0 Å². The number of aryl methyl sites for hydroxylation is 2. The Bertz CT molecular complexity index is 527. The second kappa shape index (κ2) is 5.94. The summed E-state index contributed by atoms with van der Waals surface area (Å²) in [5.74, 6) is -0.784. The van der Waals surface area contributed by atoms with Crippen molar-refractivity contribution in [2.24, 2.45) is 5.92 Å². The Hall–Kier alpha value is -2.04. The minimum Gasteiger partial charge on any atom is -0.491 e. The van der Waals surface area contributed by atoms with Gasteiger partial charge in [0.15, 0.2) is 0 Å². The molecule has 1 aliphatic heterocycles. The highest BCUT2D eigenvalue weighted by Crippen LogP contribution is 2.20. The smallest absolute Gasteiger partial charge is 0.308 e. The van der Waals surface area contributed by atoms with Crippen molar-refractivity contribution in [2.75, 3.05) is 19.7 Å². The van der Waals surface area contributed by atoms with Crippen LogP contribution in [0.1, 0.15) is 17.5 Å². The van der Waals surface area contributed by atoms with Crippen LogP contribution in [0.15, 0.2) is 18.2 Å². The molecular formula is C15H19NO4. The molecule has 1 aromatic rings. The Labute approximate surface area is 118 Å². The van der Waals surface area contributed by atoms with Crippen molar-refractivity contribution in [2.45, 2.75) is 20.3 Å². The van der Waals surface area contributed by atoms with Gasteiger partial charge in [-0.3, -0.25) is 9.59 Å². The standard InChI is InChI=1S/C15H19NO4/c1-10-3-4-11(2)13(7-10)20-6-5-16-9-12(15(18)19)8-14(16)17/h3-4,7,12H,5-6,8-9H2,1-2H3,(H,18,19)/t12-/m1/s1. The zero-order chi connectivity index (χ0) is 14.7. The fourth-order valence-electron chi connectivity index (χ4n) is 2.28. The summed E-state index contributed by atoms with van der Waals surface area (Å²) in [7, 11) is 0. The predicted molar refractivity (Wildman–Crippen MR) is 73.7 cm³/mol. The van der Waals surface area contributed by atoms with Gasteiger partial charge in [0.05, 0.1) is 12.5 Å². The highest BCUT2D eigenvalue weighted by atomic mass is 16.5. The topological polar surface area (TPSA) is 66.8 Å². The molecule has 1 N–H and O–H groups in total. The largest absolute Gasteiger partial charge is 0.491 e. The van der Waals surface area contributed by atoms with Crippen molar-refractivity contribution in [3.05, 3.63) is 29.3 Å². The van der Waals surface area contributed by atoms with Gasteiger partial charge in [0.25, 0.3) is 0 Å². The Morgan fingerprint density at radius 1 is 1.45 bits per heavy atom. The summed E-state index contributed by atoms with van der Waals surface area (Å²) in [6.07, 6.45) is 0.0960. The molecule has 5 heteroatoms. The fraction of sp³-hybridized carbons (Fsp3) is 0.467. The van der Waals surface area contributed by atoms with Crippen molar-refractivity contribution in [1.82, 2.24) is 4.90 Å². The molecule has 2 rings (SSSR count). The minimum atomic E-state index is -0.906. The summed E-state index contributed by atoms with van der Waals surface area (Å²) >= 11 is 0. The molecule has 0 unspecified atom stereocenters. The first kappa shape index (κ1) is 14.4. The Balaban J connectivity index is 1.86. The number of rotatable bonds is 5. The highest BCUT2D eigenvalue weighted by Gasteiger charge is 2.33. The molecule has 0 aromatic heterocycles. The van der Waals surface area contributed by atoms with Crippen LogP contribution in [0.4, 0.5) is 0 Å². The Morgan fingerprint density at radius 2 is 2.20 bits per heavy atom. The van der Waals surface area contributed by atoms with E-state index in [1.54, 1.807) is 4.90 Å². The molecule has 1 aliphatic rings. The molecule has 0 bridgehead atoms. The van der Waals surface area contributed by atoms with Crippen LogP contribution in [0.2, 0.25) is 0 Å². The first-order chi connectivity index (χ1) is 9.47. The van der Waals surface area contributed by atoms with Gasteiger partial charge in [-0.15, -0.1) is 0 Å². The third-order valence-electron chi connectivity index (χ3n) is 3.53. The molecule has 1 saturated heterocycles. The Kier molecular flexibility index (Phi) is 4.27. The molecule has 0 aliphatic carbocycles. The van der Waals surface area contributed by atoms with E-state index in [0.29, 0.717) is 13.2 Å². The molecular weight excluding hydrogens is 258 g/mol. The number of aliphatic carboxylic acids is 1. The number of carbonyl (C=O) groups is 2. The van der Waals surface area contributed by atoms with E-state index in [-0.39, 0.29) is 18.9 Å². The van der Waals surface area contributed by atoms with E-state index < -0.39 is 11.9 Å². The van der Waals surface area contributed by atoms with Crippen LogP contribution >= 0.6 is 0 Å². The number of carboxylic acids is 1. The van der Waals surface area contributed by atoms with Crippen molar-refractivity contribution >= 4 is 11.9 Å². The molecule has 1 aromatic carbocycles. The summed E-state index contributed by atoms with van der Waals surface area (Å²) in [5, 5.41) is 8.91. The van der Waals surface area contributed by atoms with E-state index >= 15 is 0 Å². The first-order valence-electron chi connectivity index (χ1n) is 6.68. The van der Waals surface area contributed by atoms with Crippen molar-refractivity contribution < 1.29 is 19.4 Å². The number of carboxylic acid groups (broad SMARTS) is 1. The summed E-state index contributed by atoms with van der Waals surface area (Å²) in [5.41, 5.74) is 2.17. The average molecular weight is 277 g/mol. The van der Waals surface area contributed by atoms with Gasteiger partial charge in [0.2, 0.25) is 5.91 Å². The second-order valence-electron chi connectivity index (χ2n) is 5.20. The zero-order valence-corrected chi connectivity index (χ0v) is 11.8. The maximum atomic E-state index is 11.7. The highest BCUT2D eigenvalue weighted by molar-refractivity contribution is 5.86. The summed E-state index contributed by atoms with van der Waals surface area (Å²) in [6.45, 7) is 5.05. The molecule has 1 atom stereocenters. The molecule has 1 amide bonds. The quantitative estimate of drug-likeness (QED) is 0.888. The maximum Gasteiger partial charge on any atom is 0.308 e. The average Bonchev–Trinajstić information content (AvgIpc) is 2.76. The lowest BCUT2D eigenvalue weighted by Gasteiger charge is -2.17. The minimum absolute atomic E-state index is 0.0960.